The molecule has 0 saturated carbocycles. The van der Waals surface area contributed by atoms with E-state index in [0.29, 0.717) is 16.5 Å². The highest BCUT2D eigenvalue weighted by Crippen LogP contribution is 2.30. The Morgan fingerprint density at radius 3 is 2.59 bits per heavy atom. The van der Waals surface area contributed by atoms with Crippen molar-refractivity contribution in [2.75, 3.05) is 19.0 Å². The third-order valence-corrected chi connectivity index (χ3v) is 3.23. The number of hydrogen-bond donors (Lipinski definition) is 3. The van der Waals surface area contributed by atoms with Crippen LogP contribution in [0.1, 0.15) is 18.9 Å². The second-order valence-corrected chi connectivity index (χ2v) is 5.09. The molecule has 2 amide bonds. The Morgan fingerprint density at radius 1 is 1.41 bits per heavy atom. The van der Waals surface area contributed by atoms with Crippen molar-refractivity contribution in [3.05, 3.63) is 22.7 Å². The van der Waals surface area contributed by atoms with E-state index in [1.165, 1.54) is 7.11 Å². The molecule has 0 aliphatic heterocycles. The highest BCUT2D eigenvalue weighted by molar-refractivity contribution is 6.31. The van der Waals surface area contributed by atoms with E-state index < -0.39 is 6.04 Å². The molecule has 124 valence electrons. The molecule has 22 heavy (non-hydrogen) atoms. The highest BCUT2D eigenvalue weighted by Gasteiger charge is 2.11. The molecule has 0 heterocycles. The lowest BCUT2D eigenvalue weighted by Crippen LogP contribution is -2.39. The minimum Gasteiger partial charge on any atom is -0.495 e. The van der Waals surface area contributed by atoms with Gasteiger partial charge in [0, 0.05) is 24.1 Å². The first-order valence-electron chi connectivity index (χ1n) is 6.52. The zero-order chi connectivity index (χ0) is 16.0. The van der Waals surface area contributed by atoms with Gasteiger partial charge in [-0.25, -0.2) is 0 Å². The van der Waals surface area contributed by atoms with E-state index in [2.05, 4.69) is 10.6 Å². The second kappa shape index (κ2) is 9.50. The molecule has 0 radical (unpaired) electrons. The van der Waals surface area contributed by atoms with Crippen molar-refractivity contribution in [3.8, 4) is 5.75 Å². The van der Waals surface area contributed by atoms with Crippen LogP contribution in [0.2, 0.25) is 5.02 Å². The summed E-state index contributed by atoms with van der Waals surface area (Å²) in [6, 6.07) is 2.79. The number of ether oxygens (including phenoxy) is 1. The number of benzene rings is 1. The summed E-state index contributed by atoms with van der Waals surface area (Å²) in [6.07, 6.45) is 0.142. The lowest BCUT2D eigenvalue weighted by Gasteiger charge is -2.12. The molecule has 8 heteroatoms. The van der Waals surface area contributed by atoms with Gasteiger partial charge in [0.05, 0.1) is 18.8 Å². The van der Waals surface area contributed by atoms with E-state index in [9.17, 15) is 9.59 Å². The van der Waals surface area contributed by atoms with Crippen molar-refractivity contribution in [3.63, 3.8) is 0 Å². The number of anilines is 1. The number of hydrogen-bond acceptors (Lipinski definition) is 4. The van der Waals surface area contributed by atoms with Gasteiger partial charge < -0.3 is 21.1 Å². The van der Waals surface area contributed by atoms with Crippen LogP contribution in [0, 0.1) is 6.92 Å². The van der Waals surface area contributed by atoms with Crippen molar-refractivity contribution in [2.45, 2.75) is 26.3 Å². The van der Waals surface area contributed by atoms with Crippen LogP contribution in [0.25, 0.3) is 0 Å². The Hall–Kier alpha value is -1.50. The molecule has 0 aliphatic rings. The number of aryl methyl sites for hydroxylation is 1. The van der Waals surface area contributed by atoms with Gasteiger partial charge in [0.15, 0.2) is 0 Å². The molecule has 1 atom stereocenters. The van der Waals surface area contributed by atoms with Crippen molar-refractivity contribution < 1.29 is 14.3 Å². The lowest BCUT2D eigenvalue weighted by atomic mass is 10.2. The summed E-state index contributed by atoms with van der Waals surface area (Å²) >= 11 is 6.00. The first-order valence-corrected chi connectivity index (χ1v) is 6.90. The SMILES string of the molecule is COc1cc(Cl)c(C)cc1NC(=O)CCNC(=O)[C@H](C)N.Cl. The van der Waals surface area contributed by atoms with Crippen molar-refractivity contribution in [2.24, 2.45) is 5.73 Å². The van der Waals surface area contributed by atoms with Crippen molar-refractivity contribution >= 4 is 41.5 Å². The van der Waals surface area contributed by atoms with E-state index >= 15 is 0 Å². The molecule has 0 aliphatic carbocycles. The van der Waals surface area contributed by atoms with E-state index in [1.54, 1.807) is 19.1 Å². The van der Waals surface area contributed by atoms with Gasteiger partial charge in [-0.05, 0) is 25.5 Å². The first kappa shape index (κ1) is 20.5. The van der Waals surface area contributed by atoms with Crippen LogP contribution in [0.5, 0.6) is 5.75 Å². The number of rotatable bonds is 6. The zero-order valence-corrected chi connectivity index (χ0v) is 14.3. The Bertz CT molecular complexity index is 536. The Morgan fingerprint density at radius 2 is 2.05 bits per heavy atom. The van der Waals surface area contributed by atoms with E-state index in [1.807, 2.05) is 6.92 Å². The van der Waals surface area contributed by atoms with Crippen LogP contribution in [0.3, 0.4) is 0 Å². The molecule has 0 fully saturated rings. The normalized spacial score (nSPS) is 11.1. The second-order valence-electron chi connectivity index (χ2n) is 4.68. The highest BCUT2D eigenvalue weighted by atomic mass is 35.5. The minimum absolute atomic E-state index is 0. The van der Waals surface area contributed by atoms with Crippen LogP contribution in [-0.4, -0.2) is 31.5 Å². The lowest BCUT2D eigenvalue weighted by molar-refractivity contribution is -0.122. The standard InChI is InChI=1S/C14H20ClN3O3.ClH/c1-8-6-11(12(21-3)7-10(8)15)18-13(19)4-5-17-14(20)9(2)16;/h6-7,9H,4-5,16H2,1-3H3,(H,17,20)(H,18,19);1H/t9-;/m0./s1. The molecule has 0 saturated heterocycles. The van der Waals surface area contributed by atoms with Gasteiger partial charge in [0.1, 0.15) is 5.75 Å². The quantitative estimate of drug-likeness (QED) is 0.730. The number of amides is 2. The Labute approximate surface area is 141 Å². The van der Waals surface area contributed by atoms with Crippen molar-refractivity contribution in [1.82, 2.24) is 5.32 Å². The van der Waals surface area contributed by atoms with Gasteiger partial charge >= 0.3 is 0 Å². The Kier molecular flexibility index (Phi) is 8.86. The van der Waals surface area contributed by atoms with Gasteiger partial charge in [0.25, 0.3) is 0 Å². The smallest absolute Gasteiger partial charge is 0.236 e. The summed E-state index contributed by atoms with van der Waals surface area (Å²) in [6.45, 7) is 3.64. The van der Waals surface area contributed by atoms with Crippen molar-refractivity contribution in [1.29, 1.82) is 0 Å². The predicted octanol–water partition coefficient (Wildman–Crippen LogP) is 1.87. The van der Waals surface area contributed by atoms with Gasteiger partial charge in [-0.15, -0.1) is 12.4 Å². The molecule has 4 N–H and O–H groups in total. The third kappa shape index (κ3) is 6.09. The zero-order valence-electron chi connectivity index (χ0n) is 12.7. The van der Waals surface area contributed by atoms with Gasteiger partial charge in [-0.3, -0.25) is 9.59 Å². The monoisotopic (exact) mass is 349 g/mol. The first-order chi connectivity index (χ1) is 9.85. The van der Waals surface area contributed by atoms with Crippen LogP contribution >= 0.6 is 24.0 Å². The average Bonchev–Trinajstić information content (AvgIpc) is 2.42. The fraction of sp³-hybridized carbons (Fsp3) is 0.429. The molecule has 0 bridgehead atoms. The fourth-order valence-electron chi connectivity index (χ4n) is 1.60. The molecule has 1 aromatic carbocycles. The van der Waals surface area contributed by atoms with E-state index in [-0.39, 0.29) is 37.2 Å². The summed E-state index contributed by atoms with van der Waals surface area (Å²) in [4.78, 5) is 23.1. The fourth-order valence-corrected chi connectivity index (χ4v) is 1.76. The molecule has 1 rings (SSSR count). The molecule has 6 nitrogen and oxygen atoms in total. The van der Waals surface area contributed by atoms with E-state index in [0.717, 1.165) is 5.56 Å². The number of nitrogens with one attached hydrogen (secondary N) is 2. The molecule has 0 spiro atoms. The Balaban J connectivity index is 0.00000441. The number of carbonyl (C=O) groups excluding carboxylic acids is 2. The van der Waals surface area contributed by atoms with Crippen LogP contribution < -0.4 is 21.1 Å². The molecular formula is C14H21Cl2N3O3. The number of halogens is 2. The summed E-state index contributed by atoms with van der Waals surface area (Å²) in [7, 11) is 1.50. The largest absolute Gasteiger partial charge is 0.495 e. The summed E-state index contributed by atoms with van der Waals surface area (Å²) < 4.78 is 5.17. The summed E-state index contributed by atoms with van der Waals surface area (Å²) in [5.74, 6) is -0.0405. The minimum atomic E-state index is -0.591. The topological polar surface area (TPSA) is 93.5 Å². The molecule has 0 unspecified atom stereocenters. The maximum Gasteiger partial charge on any atom is 0.236 e. The van der Waals surface area contributed by atoms with Gasteiger partial charge in [-0.2, -0.15) is 0 Å². The average molecular weight is 350 g/mol. The van der Waals surface area contributed by atoms with Crippen LogP contribution in [-0.2, 0) is 9.59 Å². The van der Waals surface area contributed by atoms with Gasteiger partial charge in [0.2, 0.25) is 11.8 Å². The third-order valence-electron chi connectivity index (χ3n) is 2.82. The molecular weight excluding hydrogens is 329 g/mol. The van der Waals surface area contributed by atoms with Crippen LogP contribution in [0.4, 0.5) is 5.69 Å². The predicted molar refractivity (Wildman–Crippen MR) is 89.9 cm³/mol. The van der Waals surface area contributed by atoms with Gasteiger partial charge in [-0.1, -0.05) is 11.6 Å². The summed E-state index contributed by atoms with van der Waals surface area (Å²) in [5, 5.41) is 5.86. The maximum atomic E-state index is 11.8. The molecule has 1 aromatic rings. The number of carbonyl (C=O) groups is 2. The molecule has 0 aromatic heterocycles. The number of nitrogens with two attached hydrogens (primary N) is 1. The van der Waals surface area contributed by atoms with E-state index in [4.69, 9.17) is 22.1 Å². The number of methoxy groups -OCH3 is 1. The maximum absolute atomic E-state index is 11.8. The summed E-state index contributed by atoms with van der Waals surface area (Å²) in [5.41, 5.74) is 6.78. The van der Waals surface area contributed by atoms with Crippen LogP contribution in [0.15, 0.2) is 12.1 Å².